The van der Waals surface area contributed by atoms with Crippen LogP contribution in [0, 0.1) is 0 Å². The van der Waals surface area contributed by atoms with E-state index in [1.807, 2.05) is 12.5 Å². The van der Waals surface area contributed by atoms with Gasteiger partial charge in [-0.1, -0.05) is 0 Å². The molecule has 0 unspecified atom stereocenters. The molecule has 3 nitrogen and oxygen atoms in total. The van der Waals surface area contributed by atoms with Gasteiger partial charge in [-0.2, -0.15) is 0 Å². The van der Waals surface area contributed by atoms with Gasteiger partial charge >= 0.3 is 0 Å². The molecule has 2 rings (SSSR count). The molecule has 0 spiro atoms. The van der Waals surface area contributed by atoms with E-state index in [0.717, 1.165) is 16.2 Å². The molecule has 14 heavy (non-hydrogen) atoms. The van der Waals surface area contributed by atoms with E-state index in [0.29, 0.717) is 12.6 Å². The molecule has 1 aliphatic rings. The zero-order valence-electron chi connectivity index (χ0n) is 8.19. The number of rotatable bonds is 4. The standard InChI is InChI=1S/C10H14N2OS/c1-14-10-7(4-11)5-12-6-9(10)13-8-2-3-8/h5-6,8H,2-4,11H2,1H3. The van der Waals surface area contributed by atoms with Gasteiger partial charge in [-0.05, 0) is 19.1 Å². The van der Waals surface area contributed by atoms with Crippen molar-refractivity contribution in [1.29, 1.82) is 0 Å². The van der Waals surface area contributed by atoms with Gasteiger partial charge in [-0.25, -0.2) is 0 Å². The van der Waals surface area contributed by atoms with E-state index < -0.39 is 0 Å². The van der Waals surface area contributed by atoms with Crippen molar-refractivity contribution >= 4 is 11.8 Å². The van der Waals surface area contributed by atoms with Crippen LogP contribution < -0.4 is 10.5 Å². The maximum atomic E-state index is 5.75. The predicted molar refractivity (Wildman–Crippen MR) is 57.6 cm³/mol. The van der Waals surface area contributed by atoms with Crippen molar-refractivity contribution in [2.24, 2.45) is 5.73 Å². The monoisotopic (exact) mass is 210 g/mol. The summed E-state index contributed by atoms with van der Waals surface area (Å²) in [5, 5.41) is 0. The Balaban J connectivity index is 2.26. The highest BCUT2D eigenvalue weighted by Gasteiger charge is 2.25. The van der Waals surface area contributed by atoms with Gasteiger partial charge in [0.1, 0.15) is 0 Å². The first-order valence-electron chi connectivity index (χ1n) is 4.72. The Hall–Kier alpha value is -0.740. The van der Waals surface area contributed by atoms with Gasteiger partial charge in [0.05, 0.1) is 17.2 Å². The Bertz CT molecular complexity index is 326. The molecule has 2 N–H and O–H groups in total. The summed E-state index contributed by atoms with van der Waals surface area (Å²) in [6.07, 6.45) is 8.38. The van der Waals surface area contributed by atoms with E-state index in [-0.39, 0.29) is 0 Å². The number of nitrogens with two attached hydrogens (primary N) is 1. The van der Waals surface area contributed by atoms with E-state index in [9.17, 15) is 0 Å². The summed E-state index contributed by atoms with van der Waals surface area (Å²) in [5.74, 6) is 0.892. The molecule has 0 radical (unpaired) electrons. The van der Waals surface area contributed by atoms with E-state index in [1.54, 1.807) is 18.0 Å². The van der Waals surface area contributed by atoms with E-state index in [1.165, 1.54) is 12.8 Å². The second kappa shape index (κ2) is 4.19. The molecular weight excluding hydrogens is 196 g/mol. The quantitative estimate of drug-likeness (QED) is 0.770. The van der Waals surface area contributed by atoms with Crippen LogP contribution in [0.25, 0.3) is 0 Å². The average molecular weight is 210 g/mol. The average Bonchev–Trinajstić information content (AvgIpc) is 3.01. The van der Waals surface area contributed by atoms with Crippen molar-refractivity contribution in [2.75, 3.05) is 6.26 Å². The van der Waals surface area contributed by atoms with Crippen LogP contribution in [0.5, 0.6) is 5.75 Å². The number of nitrogens with zero attached hydrogens (tertiary/aromatic N) is 1. The van der Waals surface area contributed by atoms with Crippen molar-refractivity contribution in [1.82, 2.24) is 4.98 Å². The molecule has 76 valence electrons. The molecule has 1 aromatic rings. The summed E-state index contributed by atoms with van der Waals surface area (Å²) in [5.41, 5.74) is 6.70. The van der Waals surface area contributed by atoms with E-state index in [4.69, 9.17) is 10.5 Å². The molecule has 1 saturated carbocycles. The summed E-state index contributed by atoms with van der Waals surface area (Å²) in [6, 6.07) is 0. The van der Waals surface area contributed by atoms with Crippen LogP contribution in [0.4, 0.5) is 0 Å². The molecule has 0 atom stereocenters. The lowest BCUT2D eigenvalue weighted by atomic mass is 10.3. The highest BCUT2D eigenvalue weighted by atomic mass is 32.2. The Morgan fingerprint density at radius 3 is 2.93 bits per heavy atom. The number of aromatic nitrogens is 1. The Labute approximate surface area is 88.0 Å². The second-order valence-corrected chi connectivity index (χ2v) is 4.17. The first kappa shape index (κ1) is 9.80. The SMILES string of the molecule is CSc1c(CN)cncc1OC1CC1. The lowest BCUT2D eigenvalue weighted by molar-refractivity contribution is 0.294. The molecule has 1 aliphatic carbocycles. The smallest absolute Gasteiger partial charge is 0.151 e. The highest BCUT2D eigenvalue weighted by molar-refractivity contribution is 7.98. The van der Waals surface area contributed by atoms with Crippen molar-refractivity contribution in [3.8, 4) is 5.75 Å². The van der Waals surface area contributed by atoms with Crippen LogP contribution in [-0.2, 0) is 6.54 Å². The Morgan fingerprint density at radius 1 is 1.57 bits per heavy atom. The van der Waals surface area contributed by atoms with E-state index >= 15 is 0 Å². The molecular formula is C10H14N2OS. The normalized spacial score (nSPS) is 15.6. The molecule has 0 bridgehead atoms. The number of pyridine rings is 1. The molecule has 0 amide bonds. The summed E-state index contributed by atoms with van der Waals surface area (Å²) >= 11 is 1.67. The van der Waals surface area contributed by atoms with Crippen molar-refractivity contribution < 1.29 is 4.74 Å². The summed E-state index contributed by atoms with van der Waals surface area (Å²) in [6.45, 7) is 0.519. The van der Waals surface area contributed by atoms with Gasteiger partial charge in [-0.3, -0.25) is 4.98 Å². The van der Waals surface area contributed by atoms with Gasteiger partial charge < -0.3 is 10.5 Å². The van der Waals surface area contributed by atoms with Gasteiger partial charge in [-0.15, -0.1) is 11.8 Å². The van der Waals surface area contributed by atoms with Crippen molar-refractivity contribution in [2.45, 2.75) is 30.4 Å². The minimum atomic E-state index is 0.413. The first-order chi connectivity index (χ1) is 6.85. The van der Waals surface area contributed by atoms with Crippen molar-refractivity contribution in [3.05, 3.63) is 18.0 Å². The third-order valence-electron chi connectivity index (χ3n) is 2.18. The van der Waals surface area contributed by atoms with Crippen LogP contribution in [0.1, 0.15) is 18.4 Å². The fraction of sp³-hybridized carbons (Fsp3) is 0.500. The lowest BCUT2D eigenvalue weighted by Crippen LogP contribution is -2.03. The Morgan fingerprint density at radius 2 is 2.36 bits per heavy atom. The molecule has 0 aliphatic heterocycles. The zero-order chi connectivity index (χ0) is 9.97. The summed E-state index contributed by atoms with van der Waals surface area (Å²) < 4.78 is 5.75. The van der Waals surface area contributed by atoms with Gasteiger partial charge in [0.25, 0.3) is 0 Å². The fourth-order valence-electron chi connectivity index (χ4n) is 1.30. The maximum absolute atomic E-state index is 5.75. The minimum absolute atomic E-state index is 0.413. The third kappa shape index (κ3) is 2.01. The molecule has 4 heteroatoms. The molecule has 0 saturated heterocycles. The molecule has 1 heterocycles. The largest absolute Gasteiger partial charge is 0.488 e. The lowest BCUT2D eigenvalue weighted by Gasteiger charge is -2.11. The molecule has 1 aromatic heterocycles. The van der Waals surface area contributed by atoms with Crippen LogP contribution in [-0.4, -0.2) is 17.3 Å². The molecule has 0 aromatic carbocycles. The Kier molecular flexibility index (Phi) is 2.93. The summed E-state index contributed by atoms with van der Waals surface area (Å²) in [4.78, 5) is 5.26. The zero-order valence-corrected chi connectivity index (χ0v) is 9.01. The van der Waals surface area contributed by atoms with Crippen LogP contribution in [0.2, 0.25) is 0 Å². The van der Waals surface area contributed by atoms with Gasteiger partial charge in [0.2, 0.25) is 0 Å². The van der Waals surface area contributed by atoms with Gasteiger partial charge in [0.15, 0.2) is 5.75 Å². The van der Waals surface area contributed by atoms with Crippen molar-refractivity contribution in [3.63, 3.8) is 0 Å². The highest BCUT2D eigenvalue weighted by Crippen LogP contribution is 2.34. The maximum Gasteiger partial charge on any atom is 0.151 e. The number of hydrogen-bond donors (Lipinski definition) is 1. The first-order valence-corrected chi connectivity index (χ1v) is 5.95. The number of ether oxygens (including phenoxy) is 1. The molecule has 1 fully saturated rings. The van der Waals surface area contributed by atoms with Crippen LogP contribution in [0.15, 0.2) is 17.3 Å². The minimum Gasteiger partial charge on any atom is -0.488 e. The topological polar surface area (TPSA) is 48.1 Å². The van der Waals surface area contributed by atoms with E-state index in [2.05, 4.69) is 4.98 Å². The number of thioether (sulfide) groups is 1. The fourth-order valence-corrected chi connectivity index (χ4v) is 2.00. The van der Waals surface area contributed by atoms with Crippen LogP contribution in [0.3, 0.4) is 0 Å². The third-order valence-corrected chi connectivity index (χ3v) is 3.05. The van der Waals surface area contributed by atoms with Crippen LogP contribution >= 0.6 is 11.8 Å². The predicted octanol–water partition coefficient (Wildman–Crippen LogP) is 1.80. The second-order valence-electron chi connectivity index (χ2n) is 3.35. The summed E-state index contributed by atoms with van der Waals surface area (Å²) in [7, 11) is 0. The van der Waals surface area contributed by atoms with Gasteiger partial charge in [0, 0.05) is 18.3 Å². The number of hydrogen-bond acceptors (Lipinski definition) is 4.